The van der Waals surface area contributed by atoms with E-state index in [1.165, 1.54) is 11.8 Å². The van der Waals surface area contributed by atoms with E-state index >= 15 is 0 Å². The molecule has 0 aliphatic carbocycles. The molecule has 0 bridgehead atoms. The highest BCUT2D eigenvalue weighted by molar-refractivity contribution is 6.00. The zero-order valence-electron chi connectivity index (χ0n) is 43.0. The molecule has 0 unspecified atom stereocenters. The second kappa shape index (κ2) is 21.4. The summed E-state index contributed by atoms with van der Waals surface area (Å²) in [5.74, 6) is -3.41. The van der Waals surface area contributed by atoms with E-state index in [4.69, 9.17) is 5.73 Å². The highest BCUT2D eigenvalue weighted by Gasteiger charge is 2.52. The van der Waals surface area contributed by atoms with Crippen molar-refractivity contribution in [2.75, 3.05) is 65.4 Å². The Bertz CT molecular complexity index is 2160. The predicted molar refractivity (Wildman–Crippen MR) is 262 cm³/mol. The van der Waals surface area contributed by atoms with Crippen molar-refractivity contribution in [1.29, 1.82) is 0 Å². The second-order valence-electron chi connectivity index (χ2n) is 22.5. The molecule has 0 aromatic heterocycles. The van der Waals surface area contributed by atoms with Gasteiger partial charge in [-0.3, -0.25) is 52.7 Å². The molecular weight excluding hydrogens is 955 g/mol. The summed E-state index contributed by atoms with van der Waals surface area (Å²) in [6, 6.07) is -7.62. The third kappa shape index (κ3) is 9.26. The first kappa shape index (κ1) is 51.6. The Morgan fingerprint density at radius 3 is 0.541 bits per heavy atom. The molecule has 10 atom stereocenters. The monoisotopic (exact) mass is 1030 g/mol. The molecule has 22 heteroatoms. The summed E-state index contributed by atoms with van der Waals surface area (Å²) in [5, 5.41) is 0. The molecule has 22 nitrogen and oxygen atoms in total. The van der Waals surface area contributed by atoms with Crippen LogP contribution in [-0.4, -0.2) is 240 Å². The minimum Gasteiger partial charge on any atom is -0.368 e. The Morgan fingerprint density at radius 2 is 0.378 bits per heavy atom. The molecule has 10 aliphatic rings. The number of nitrogens with two attached hydrogens (primary N) is 1. The number of carbonyl (C=O) groups excluding carboxylic acids is 11. The summed E-state index contributed by atoms with van der Waals surface area (Å²) >= 11 is 0. The third-order valence-corrected chi connectivity index (χ3v) is 18.4. The fraction of sp³-hybridized carbons (Fsp3) is 0.788. The summed E-state index contributed by atoms with van der Waals surface area (Å²) in [6.45, 7) is 5.10. The van der Waals surface area contributed by atoms with Crippen molar-refractivity contribution in [3.63, 3.8) is 0 Å². The average molecular weight is 1030 g/mol. The number of primary amides is 1. The molecule has 74 heavy (non-hydrogen) atoms. The fourth-order valence-electron chi connectivity index (χ4n) is 14.7. The van der Waals surface area contributed by atoms with Crippen molar-refractivity contribution in [1.82, 2.24) is 49.0 Å². The summed E-state index contributed by atoms with van der Waals surface area (Å²) in [7, 11) is 0. The van der Waals surface area contributed by atoms with Gasteiger partial charge in [-0.15, -0.1) is 0 Å². The standard InChI is InChI=1S/C52H75N11O11/c1-32(64)54-22-3-13-34(54)44(66)56-24-5-15-36(56)46(68)58-26-7-17-38(58)48(70)60-28-9-19-40(60)50(72)62-30-11-21-42(62)52(74)63-31-10-20-41(63)51(73)61-29-8-18-39(61)49(71)59-27-6-16-37(59)47(69)57-25-4-14-35(57)45(67)55-23-2-12-33(55)43(53)65/h33-42H,2-31H2,1H3,(H2,53,65)/t33-,34-,35-,36-,37-,38-,39-,40-,41-,42-/m0/s1. The van der Waals surface area contributed by atoms with E-state index in [1.807, 2.05) is 0 Å². The van der Waals surface area contributed by atoms with E-state index in [0.717, 1.165) is 6.42 Å². The van der Waals surface area contributed by atoms with Crippen LogP contribution < -0.4 is 5.73 Å². The van der Waals surface area contributed by atoms with Crippen molar-refractivity contribution >= 4 is 65.0 Å². The minimum absolute atomic E-state index is 0.168. The number of hydrogen-bond acceptors (Lipinski definition) is 11. The molecule has 10 rings (SSSR count). The number of hydrogen-bond donors (Lipinski definition) is 1. The van der Waals surface area contributed by atoms with Crippen molar-refractivity contribution in [3.8, 4) is 0 Å². The molecule has 10 heterocycles. The van der Waals surface area contributed by atoms with Crippen LogP contribution in [0.15, 0.2) is 0 Å². The van der Waals surface area contributed by atoms with Gasteiger partial charge in [0.25, 0.3) is 0 Å². The maximum absolute atomic E-state index is 14.7. The molecule has 0 radical (unpaired) electrons. The number of amides is 11. The highest BCUT2D eigenvalue weighted by Crippen LogP contribution is 2.35. The van der Waals surface area contributed by atoms with Gasteiger partial charge in [-0.1, -0.05) is 0 Å². The molecule has 0 aromatic rings. The lowest BCUT2D eigenvalue weighted by Crippen LogP contribution is -2.59. The van der Waals surface area contributed by atoms with Crippen LogP contribution in [0.25, 0.3) is 0 Å². The van der Waals surface area contributed by atoms with Crippen molar-refractivity contribution < 1.29 is 52.7 Å². The summed E-state index contributed by atoms with van der Waals surface area (Å²) < 4.78 is 0. The molecule has 11 amide bonds. The van der Waals surface area contributed by atoms with Gasteiger partial charge in [-0.05, 0) is 128 Å². The SMILES string of the molecule is CC(=O)N1CCC[C@H]1C(=O)N1CCC[C@H]1C(=O)N1CCC[C@H]1C(=O)N1CCC[C@H]1C(=O)N1CCC[C@H]1C(=O)N1CCC[C@H]1C(=O)N1CCC[C@H]1C(=O)N1CCC[C@H]1C(=O)N1CCC[C@H]1C(=O)N1CCC[C@H]1C(N)=O. The first-order valence-electron chi connectivity index (χ1n) is 28.0. The van der Waals surface area contributed by atoms with E-state index in [2.05, 4.69) is 0 Å². The van der Waals surface area contributed by atoms with Gasteiger partial charge in [0.1, 0.15) is 60.4 Å². The Kier molecular flexibility index (Phi) is 15.0. The molecular formula is C52H75N11O11. The maximum atomic E-state index is 14.7. The van der Waals surface area contributed by atoms with Crippen LogP contribution in [0.5, 0.6) is 0 Å². The van der Waals surface area contributed by atoms with Crippen LogP contribution in [0.4, 0.5) is 0 Å². The normalized spacial score (nSPS) is 32.2. The van der Waals surface area contributed by atoms with Gasteiger partial charge in [0.2, 0.25) is 65.0 Å². The Labute approximate surface area is 432 Å². The van der Waals surface area contributed by atoms with E-state index in [1.54, 1.807) is 44.1 Å². The quantitative estimate of drug-likeness (QED) is 0.290. The van der Waals surface area contributed by atoms with Gasteiger partial charge in [-0.25, -0.2) is 0 Å². The van der Waals surface area contributed by atoms with Crippen LogP contribution in [0.1, 0.15) is 135 Å². The van der Waals surface area contributed by atoms with Gasteiger partial charge in [-0.2, -0.15) is 0 Å². The third-order valence-electron chi connectivity index (χ3n) is 18.4. The fourth-order valence-corrected chi connectivity index (χ4v) is 14.7. The van der Waals surface area contributed by atoms with Crippen LogP contribution in [-0.2, 0) is 52.7 Å². The zero-order chi connectivity index (χ0) is 52.1. The van der Waals surface area contributed by atoms with E-state index in [0.29, 0.717) is 187 Å². The molecule has 0 spiro atoms. The number of carbonyl (C=O) groups is 11. The zero-order valence-corrected chi connectivity index (χ0v) is 43.0. The van der Waals surface area contributed by atoms with E-state index in [9.17, 15) is 52.7 Å². The second-order valence-corrected chi connectivity index (χ2v) is 22.5. The number of likely N-dealkylation sites (tertiary alicyclic amines) is 10. The molecule has 2 N–H and O–H groups in total. The molecule has 0 aromatic carbocycles. The predicted octanol–water partition coefficient (Wildman–Crippen LogP) is -0.598. The molecule has 10 fully saturated rings. The lowest BCUT2D eigenvalue weighted by molar-refractivity contribution is -0.155. The summed E-state index contributed by atoms with van der Waals surface area (Å²) in [6.07, 6.45) is 10.5. The largest absolute Gasteiger partial charge is 0.368 e. The van der Waals surface area contributed by atoms with E-state index in [-0.39, 0.29) is 59.1 Å². The molecule has 0 saturated carbocycles. The maximum Gasteiger partial charge on any atom is 0.246 e. The molecule has 404 valence electrons. The molecule has 10 saturated heterocycles. The van der Waals surface area contributed by atoms with Crippen molar-refractivity contribution in [3.05, 3.63) is 0 Å². The molecule has 10 aliphatic heterocycles. The van der Waals surface area contributed by atoms with Crippen LogP contribution in [0, 0.1) is 0 Å². The Morgan fingerprint density at radius 1 is 0.243 bits per heavy atom. The van der Waals surface area contributed by atoms with Gasteiger partial charge >= 0.3 is 0 Å². The van der Waals surface area contributed by atoms with Crippen LogP contribution in [0.2, 0.25) is 0 Å². The first-order valence-corrected chi connectivity index (χ1v) is 28.0. The highest BCUT2D eigenvalue weighted by atomic mass is 16.2. The summed E-state index contributed by atoms with van der Waals surface area (Å²) in [4.78, 5) is 169. The van der Waals surface area contributed by atoms with Crippen molar-refractivity contribution in [2.24, 2.45) is 5.73 Å². The smallest absolute Gasteiger partial charge is 0.246 e. The van der Waals surface area contributed by atoms with Gasteiger partial charge in [0, 0.05) is 72.4 Å². The summed E-state index contributed by atoms with van der Waals surface area (Å²) in [5.41, 5.74) is 5.62. The Balaban J connectivity index is 0.768. The van der Waals surface area contributed by atoms with Gasteiger partial charge in [0.05, 0.1) is 0 Å². The van der Waals surface area contributed by atoms with Crippen molar-refractivity contribution in [2.45, 2.75) is 196 Å². The minimum atomic E-state index is -0.830. The number of rotatable bonds is 10. The van der Waals surface area contributed by atoms with Crippen LogP contribution in [0.3, 0.4) is 0 Å². The van der Waals surface area contributed by atoms with E-state index < -0.39 is 66.3 Å². The number of nitrogens with zero attached hydrogens (tertiary/aromatic N) is 10. The lowest BCUT2D eigenvalue weighted by atomic mass is 10.1. The Hall–Kier alpha value is -5.83. The van der Waals surface area contributed by atoms with Gasteiger partial charge in [0.15, 0.2) is 0 Å². The first-order chi connectivity index (χ1) is 35.7. The topological polar surface area (TPSA) is 246 Å². The lowest BCUT2D eigenvalue weighted by Gasteiger charge is -2.37. The van der Waals surface area contributed by atoms with Crippen LogP contribution >= 0.6 is 0 Å². The van der Waals surface area contributed by atoms with Gasteiger partial charge < -0.3 is 54.7 Å². The average Bonchev–Trinajstić information content (AvgIpc) is 4.25.